The minimum Gasteiger partial charge on any atom is -0.455 e. The van der Waals surface area contributed by atoms with Crippen molar-refractivity contribution in [2.24, 2.45) is 11.8 Å². The van der Waals surface area contributed by atoms with Crippen molar-refractivity contribution in [1.82, 2.24) is 10.2 Å². The highest BCUT2D eigenvalue weighted by Crippen LogP contribution is 2.60. The van der Waals surface area contributed by atoms with E-state index in [0.717, 1.165) is 11.1 Å². The number of cyclic esters (lactones) is 1. The molecule has 11 heteroatoms. The van der Waals surface area contributed by atoms with E-state index in [2.05, 4.69) is 21.2 Å². The summed E-state index contributed by atoms with van der Waals surface area (Å²) in [6.45, 7) is 5.31. The number of anilines is 1. The predicted octanol–water partition coefficient (Wildman–Crippen LogP) is 5.38. The number of aryl methyl sites for hydroxylation is 2. The van der Waals surface area contributed by atoms with Gasteiger partial charge in [-0.3, -0.25) is 19.2 Å². The summed E-state index contributed by atoms with van der Waals surface area (Å²) >= 11 is 3.64. The van der Waals surface area contributed by atoms with E-state index in [-0.39, 0.29) is 18.9 Å². The molecule has 4 aliphatic rings. The van der Waals surface area contributed by atoms with Gasteiger partial charge in [0, 0.05) is 23.1 Å². The van der Waals surface area contributed by atoms with Gasteiger partial charge in [-0.05, 0) is 55.5 Å². The molecule has 0 radical (unpaired) electrons. The van der Waals surface area contributed by atoms with Crippen LogP contribution in [-0.4, -0.2) is 70.6 Å². The summed E-state index contributed by atoms with van der Waals surface area (Å²) in [4.78, 5) is 61.3. The normalized spacial score (nSPS) is 30.4. The van der Waals surface area contributed by atoms with Crippen LogP contribution in [0.1, 0.15) is 54.2 Å². The van der Waals surface area contributed by atoms with Crippen molar-refractivity contribution in [2.75, 3.05) is 18.1 Å². The maximum Gasteiger partial charge on any atom is 0.313 e. The number of fused-ring (bicyclic) bond motifs is 2. The molecule has 2 saturated heterocycles. The third kappa shape index (κ3) is 6.08. The number of carbonyl (C=O) groups is 4. The van der Waals surface area contributed by atoms with Crippen LogP contribution in [0, 0.1) is 25.7 Å². The molecule has 4 heterocycles. The summed E-state index contributed by atoms with van der Waals surface area (Å²) in [5, 5.41) is 14.0. The number of aliphatic hydroxyl groups is 1. The number of esters is 1. The van der Waals surface area contributed by atoms with Crippen molar-refractivity contribution >= 4 is 45.3 Å². The number of hydrogen-bond acceptors (Lipinski definition) is 7. The first kappa shape index (κ1) is 35.8. The molecule has 8 atom stereocenters. The number of likely N-dealkylation sites (tertiary alicyclic amines) is 1. The van der Waals surface area contributed by atoms with Crippen LogP contribution in [0.25, 0.3) is 0 Å². The Kier molecular flexibility index (Phi) is 9.95. The van der Waals surface area contributed by atoms with Crippen LogP contribution < -0.4 is 10.2 Å². The summed E-state index contributed by atoms with van der Waals surface area (Å²) in [7, 11) is 0. The van der Waals surface area contributed by atoms with Gasteiger partial charge in [0.25, 0.3) is 5.91 Å². The van der Waals surface area contributed by atoms with Crippen LogP contribution in [0.3, 0.4) is 0 Å². The average molecular weight is 769 g/mol. The Morgan fingerprint density at radius 1 is 0.904 bits per heavy atom. The molecule has 2 fully saturated rings. The lowest BCUT2D eigenvalue weighted by molar-refractivity contribution is -0.161. The third-order valence-electron chi connectivity index (χ3n) is 10.7. The molecule has 2 N–H and O–H groups in total. The van der Waals surface area contributed by atoms with Crippen molar-refractivity contribution in [3.05, 3.63) is 124 Å². The van der Waals surface area contributed by atoms with Gasteiger partial charge >= 0.3 is 5.97 Å². The van der Waals surface area contributed by atoms with Gasteiger partial charge in [0.05, 0.1) is 24.6 Å². The highest BCUT2D eigenvalue weighted by atomic mass is 79.9. The second-order valence-corrected chi connectivity index (χ2v) is 14.9. The van der Waals surface area contributed by atoms with Gasteiger partial charge in [0.15, 0.2) is 0 Å². The minimum absolute atomic E-state index is 0.146. The highest BCUT2D eigenvalue weighted by molar-refractivity contribution is 9.11. The van der Waals surface area contributed by atoms with E-state index in [0.29, 0.717) is 27.7 Å². The quantitative estimate of drug-likeness (QED) is 0.264. The Labute approximate surface area is 311 Å². The highest BCUT2D eigenvalue weighted by Gasteiger charge is 2.75. The first-order chi connectivity index (χ1) is 25.1. The first-order valence-electron chi connectivity index (χ1n) is 17.7. The largest absolute Gasteiger partial charge is 0.455 e. The van der Waals surface area contributed by atoms with Gasteiger partial charge in [-0.15, -0.1) is 0 Å². The van der Waals surface area contributed by atoms with E-state index in [9.17, 15) is 14.7 Å². The average Bonchev–Trinajstić information content (AvgIpc) is 3.73. The van der Waals surface area contributed by atoms with Gasteiger partial charge in [0.1, 0.15) is 29.8 Å². The predicted molar refractivity (Wildman–Crippen MR) is 198 cm³/mol. The van der Waals surface area contributed by atoms with Gasteiger partial charge in [-0.25, -0.2) is 0 Å². The topological polar surface area (TPSA) is 125 Å². The van der Waals surface area contributed by atoms with Crippen LogP contribution in [0.2, 0.25) is 0 Å². The number of amides is 3. The molecule has 0 unspecified atom stereocenters. The molecule has 52 heavy (non-hydrogen) atoms. The Morgan fingerprint density at radius 2 is 1.58 bits per heavy atom. The summed E-state index contributed by atoms with van der Waals surface area (Å²) < 4.78 is 13.6. The molecule has 4 aliphatic heterocycles. The lowest BCUT2D eigenvalue weighted by Gasteiger charge is -2.39. The van der Waals surface area contributed by atoms with E-state index in [1.165, 1.54) is 4.90 Å². The van der Waals surface area contributed by atoms with Crippen LogP contribution in [-0.2, 0) is 28.7 Å². The first-order valence-corrected chi connectivity index (χ1v) is 18.5. The number of carbonyl (C=O) groups excluding carboxylic acids is 4. The molecule has 3 aromatic rings. The molecule has 7 rings (SSSR count). The number of para-hydroxylation sites is 1. The van der Waals surface area contributed by atoms with Crippen molar-refractivity contribution in [1.29, 1.82) is 0 Å². The van der Waals surface area contributed by atoms with Gasteiger partial charge < -0.3 is 29.7 Å². The molecule has 0 aromatic heterocycles. The summed E-state index contributed by atoms with van der Waals surface area (Å²) in [6.07, 6.45) is 4.32. The van der Waals surface area contributed by atoms with Crippen molar-refractivity contribution < 1.29 is 33.8 Å². The van der Waals surface area contributed by atoms with Crippen LogP contribution in [0.5, 0.6) is 0 Å². The summed E-state index contributed by atoms with van der Waals surface area (Å²) in [5.41, 5.74) is 2.16. The molecule has 0 aliphatic carbocycles. The molecule has 3 aromatic carbocycles. The Balaban J connectivity index is 1.41. The number of benzene rings is 3. The lowest BCUT2D eigenvalue weighted by atomic mass is 9.74. The molecule has 10 nitrogen and oxygen atoms in total. The molecule has 270 valence electrons. The number of halogens is 1. The third-order valence-corrected chi connectivity index (χ3v) is 11.4. The van der Waals surface area contributed by atoms with E-state index in [1.54, 1.807) is 17.9 Å². The molecular formula is C41H42BrN3O7. The van der Waals surface area contributed by atoms with E-state index in [1.807, 2.05) is 105 Å². The van der Waals surface area contributed by atoms with Crippen LogP contribution in [0.15, 0.2) is 102 Å². The van der Waals surface area contributed by atoms with Crippen molar-refractivity contribution in [3.63, 3.8) is 0 Å². The van der Waals surface area contributed by atoms with Crippen molar-refractivity contribution in [3.8, 4) is 0 Å². The zero-order valence-corrected chi connectivity index (χ0v) is 30.9. The summed E-state index contributed by atoms with van der Waals surface area (Å²) in [5.74, 6) is -4.06. The fourth-order valence-corrected chi connectivity index (χ4v) is 9.20. The fourth-order valence-electron chi connectivity index (χ4n) is 8.46. The number of nitrogens with one attached hydrogen (secondary N) is 1. The number of nitrogens with zero attached hydrogens (tertiary/aromatic N) is 2. The van der Waals surface area contributed by atoms with Gasteiger partial charge in [0.2, 0.25) is 11.8 Å². The molecule has 1 spiro atoms. The molecule has 0 saturated carbocycles. The van der Waals surface area contributed by atoms with Gasteiger partial charge in [-0.2, -0.15) is 0 Å². The number of aliphatic hydroxyl groups excluding tert-OH is 1. The smallest absolute Gasteiger partial charge is 0.313 e. The maximum atomic E-state index is 15.5. The number of ether oxygens (including phenoxy) is 2. The number of rotatable bonds is 5. The molecule has 3 amide bonds. The molecule has 5 bridgehead atoms. The van der Waals surface area contributed by atoms with Crippen molar-refractivity contribution in [2.45, 2.75) is 69.5 Å². The van der Waals surface area contributed by atoms with Crippen LogP contribution >= 0.6 is 15.9 Å². The minimum atomic E-state index is -1.56. The second kappa shape index (κ2) is 14.4. The second-order valence-electron chi connectivity index (χ2n) is 14.0. The van der Waals surface area contributed by atoms with Gasteiger partial charge in [-0.1, -0.05) is 107 Å². The number of allylic oxidation sites excluding steroid dienone is 1. The van der Waals surface area contributed by atoms with E-state index >= 15 is 9.59 Å². The fraction of sp³-hybridized carbons (Fsp3) is 0.366. The maximum absolute atomic E-state index is 15.5. The zero-order valence-electron chi connectivity index (χ0n) is 29.3. The standard InChI is InChI=1S/C41H42BrN3O7/c1-24-14-13-15-25(2)34(24)44-21-12-6-11-20-31(47)43-26(3)35(28-18-9-5-10-19-28)51-40(50)32-33-38(48)45(30(23-46)27-16-7-4-8-17-27)37(39(44)49)41(33)22-29(42)36(32)52-41/h4-10,12-19,22,26,30,32-33,35-37,46H,11,20-21,23H2,1-3H3,(H,43,47)/b12-6-/t26-,30-,32+,33-,35+,36+,37+,41-/m1/s1. The van der Waals surface area contributed by atoms with E-state index in [4.69, 9.17) is 9.47 Å². The van der Waals surface area contributed by atoms with Crippen LogP contribution in [0.4, 0.5) is 5.69 Å². The zero-order chi connectivity index (χ0) is 36.7. The Morgan fingerprint density at radius 3 is 2.25 bits per heavy atom. The Hall–Kier alpha value is -4.58. The molecular weight excluding hydrogens is 726 g/mol. The number of hydrogen-bond donors (Lipinski definition) is 2. The SMILES string of the molecule is Cc1cccc(C)c1N1C/C=C\CCC(=O)N[C@H](C)[C@@H](c2ccccc2)OC(=O)[C@@H]2[C@H]3O[C@@]4(C=C3Br)[C@H](C1=O)N([C@H](CO)c1ccccc1)C(=O)[C@@H]24. The lowest BCUT2D eigenvalue weighted by Crippen LogP contribution is -2.57. The monoisotopic (exact) mass is 767 g/mol. The summed E-state index contributed by atoms with van der Waals surface area (Å²) in [6, 6.07) is 21.2. The Bertz CT molecular complexity index is 1910. The van der Waals surface area contributed by atoms with E-state index < -0.39 is 72.2 Å².